The van der Waals surface area contributed by atoms with Gasteiger partial charge < -0.3 is 25.0 Å². The number of nitrogens with zero attached hydrogens (tertiary/aromatic N) is 3. The lowest BCUT2D eigenvalue weighted by molar-refractivity contribution is -0.134. The molecular weight excluding hydrogens is 358 g/mol. The van der Waals surface area contributed by atoms with Gasteiger partial charge in [-0.25, -0.2) is 9.59 Å². The first kappa shape index (κ1) is 20.4. The number of thioether (sulfide) groups is 1. The van der Waals surface area contributed by atoms with Crippen LogP contribution in [0.3, 0.4) is 0 Å². The molecule has 0 aliphatic carbocycles. The van der Waals surface area contributed by atoms with E-state index >= 15 is 0 Å². The minimum absolute atomic E-state index is 0.316. The standard InChI is InChI=1S/C9H15N3O2S2.C4H4O4/c1-7(13)6-15-9-8(10-16-11-9)12-2-4-14-5-3-12;5-3(6)1-2-4(7)8/h7,13H,2-6H2,1H3;1-2H,(H,5,6)(H,7,8)/b;2-1-. The fraction of sp³-hybridized carbons (Fsp3) is 0.538. The summed E-state index contributed by atoms with van der Waals surface area (Å²) < 4.78 is 13.9. The fourth-order valence-corrected chi connectivity index (χ4v) is 3.12. The number of hydrogen-bond acceptors (Lipinski definition) is 9. The Labute approximate surface area is 147 Å². The number of anilines is 1. The molecule has 1 aromatic rings. The lowest BCUT2D eigenvalue weighted by atomic mass is 10.4. The smallest absolute Gasteiger partial charge is 0.328 e. The largest absolute Gasteiger partial charge is 0.478 e. The Kier molecular flexibility index (Phi) is 9.30. The van der Waals surface area contributed by atoms with E-state index in [1.54, 1.807) is 18.7 Å². The molecule has 1 aliphatic rings. The van der Waals surface area contributed by atoms with Gasteiger partial charge in [-0.15, -0.1) is 0 Å². The molecule has 24 heavy (non-hydrogen) atoms. The number of rotatable bonds is 6. The molecule has 1 fully saturated rings. The molecular formula is C13H19N3O6S2. The summed E-state index contributed by atoms with van der Waals surface area (Å²) in [5.74, 6) is -0.915. The molecule has 0 saturated carbocycles. The van der Waals surface area contributed by atoms with Crippen LogP contribution >= 0.6 is 23.5 Å². The summed E-state index contributed by atoms with van der Waals surface area (Å²) in [7, 11) is 0. The SMILES string of the molecule is CC(O)CSc1nsnc1N1CCOCC1.O=C(O)/C=C\C(=O)O. The second-order valence-corrected chi connectivity index (χ2v) is 6.20. The van der Waals surface area contributed by atoms with Crippen molar-refractivity contribution in [1.29, 1.82) is 0 Å². The molecule has 0 spiro atoms. The topological polar surface area (TPSA) is 133 Å². The van der Waals surface area contributed by atoms with Gasteiger partial charge in [-0.3, -0.25) is 0 Å². The molecule has 0 bridgehead atoms. The first-order valence-electron chi connectivity index (χ1n) is 7.00. The summed E-state index contributed by atoms with van der Waals surface area (Å²) in [4.78, 5) is 21.3. The van der Waals surface area contributed by atoms with Gasteiger partial charge in [0, 0.05) is 31.0 Å². The molecule has 11 heteroatoms. The molecule has 134 valence electrons. The minimum atomic E-state index is -1.26. The van der Waals surface area contributed by atoms with Crippen molar-refractivity contribution in [2.75, 3.05) is 37.0 Å². The van der Waals surface area contributed by atoms with Crippen molar-refractivity contribution in [3.63, 3.8) is 0 Å². The van der Waals surface area contributed by atoms with Crippen LogP contribution in [0.4, 0.5) is 5.82 Å². The second-order valence-electron chi connectivity index (χ2n) is 4.66. The molecule has 2 rings (SSSR count). The van der Waals surface area contributed by atoms with E-state index in [0.29, 0.717) is 17.9 Å². The van der Waals surface area contributed by atoms with E-state index in [2.05, 4.69) is 13.6 Å². The van der Waals surface area contributed by atoms with Crippen molar-refractivity contribution in [2.45, 2.75) is 18.1 Å². The second kappa shape index (κ2) is 11.0. The zero-order chi connectivity index (χ0) is 17.9. The maximum Gasteiger partial charge on any atom is 0.328 e. The quantitative estimate of drug-likeness (QED) is 0.477. The van der Waals surface area contributed by atoms with Gasteiger partial charge in [0.2, 0.25) is 0 Å². The fourth-order valence-electron chi connectivity index (χ4n) is 1.58. The predicted molar refractivity (Wildman–Crippen MR) is 89.8 cm³/mol. The van der Waals surface area contributed by atoms with Crippen molar-refractivity contribution in [1.82, 2.24) is 8.75 Å². The minimum Gasteiger partial charge on any atom is -0.478 e. The van der Waals surface area contributed by atoms with Crippen molar-refractivity contribution < 1.29 is 29.6 Å². The Hall–Kier alpha value is -1.69. The summed E-state index contributed by atoms with van der Waals surface area (Å²) in [6, 6.07) is 0. The third-order valence-electron chi connectivity index (χ3n) is 2.58. The van der Waals surface area contributed by atoms with Crippen LogP contribution in [0.15, 0.2) is 17.2 Å². The Balaban J connectivity index is 0.000000307. The van der Waals surface area contributed by atoms with E-state index in [9.17, 15) is 14.7 Å². The summed E-state index contributed by atoms with van der Waals surface area (Å²) in [6.45, 7) is 5.01. The average molecular weight is 377 g/mol. The van der Waals surface area contributed by atoms with Crippen molar-refractivity contribution in [3.05, 3.63) is 12.2 Å². The number of aromatic nitrogens is 2. The zero-order valence-electron chi connectivity index (χ0n) is 13.0. The molecule has 0 aromatic carbocycles. The third-order valence-corrected chi connectivity index (χ3v) is 4.41. The van der Waals surface area contributed by atoms with Gasteiger partial charge in [-0.05, 0) is 6.92 Å². The first-order valence-corrected chi connectivity index (χ1v) is 8.71. The maximum atomic E-state index is 9.55. The van der Waals surface area contributed by atoms with E-state index in [1.165, 1.54) is 11.7 Å². The highest BCUT2D eigenvalue weighted by molar-refractivity contribution is 7.99. The summed E-state index contributed by atoms with van der Waals surface area (Å²) >= 11 is 2.79. The predicted octanol–water partition coefficient (Wildman–Crippen LogP) is 0.559. The number of hydrogen-bond donors (Lipinski definition) is 3. The van der Waals surface area contributed by atoms with E-state index < -0.39 is 11.9 Å². The summed E-state index contributed by atoms with van der Waals surface area (Å²) in [6.07, 6.45) is 0.800. The van der Waals surface area contributed by atoms with Crippen LogP contribution in [0, 0.1) is 0 Å². The number of aliphatic hydroxyl groups excluding tert-OH is 1. The van der Waals surface area contributed by atoms with Crippen LogP contribution in [0.25, 0.3) is 0 Å². The van der Waals surface area contributed by atoms with Crippen LogP contribution in [-0.4, -0.2) is 74.2 Å². The molecule has 2 heterocycles. The molecule has 3 N–H and O–H groups in total. The van der Waals surface area contributed by atoms with Gasteiger partial charge in [0.25, 0.3) is 0 Å². The lowest BCUT2D eigenvalue weighted by Gasteiger charge is -2.27. The third kappa shape index (κ3) is 8.24. The Morgan fingerprint density at radius 1 is 1.29 bits per heavy atom. The van der Waals surface area contributed by atoms with Crippen molar-refractivity contribution >= 4 is 41.2 Å². The number of morpholine rings is 1. The normalized spacial score (nSPS) is 15.7. The number of aliphatic hydroxyl groups is 1. The maximum absolute atomic E-state index is 9.55. The molecule has 1 aromatic heterocycles. The number of carboxylic acid groups (broad SMARTS) is 2. The molecule has 1 atom stereocenters. The van der Waals surface area contributed by atoms with E-state index in [0.717, 1.165) is 37.1 Å². The highest BCUT2D eigenvalue weighted by atomic mass is 32.2. The number of aliphatic carboxylic acids is 2. The summed E-state index contributed by atoms with van der Waals surface area (Å²) in [5, 5.41) is 25.8. The van der Waals surface area contributed by atoms with Gasteiger partial charge in [0.05, 0.1) is 31.0 Å². The van der Waals surface area contributed by atoms with Crippen LogP contribution < -0.4 is 4.90 Å². The monoisotopic (exact) mass is 377 g/mol. The average Bonchev–Trinajstić information content (AvgIpc) is 3.01. The van der Waals surface area contributed by atoms with Crippen LogP contribution in [0.2, 0.25) is 0 Å². The lowest BCUT2D eigenvalue weighted by Crippen LogP contribution is -2.36. The van der Waals surface area contributed by atoms with Gasteiger partial charge in [0.1, 0.15) is 0 Å². The van der Waals surface area contributed by atoms with Crippen LogP contribution in [0.1, 0.15) is 6.92 Å². The Morgan fingerprint density at radius 2 is 1.88 bits per heavy atom. The zero-order valence-corrected chi connectivity index (χ0v) is 14.6. The first-order chi connectivity index (χ1) is 11.4. The highest BCUT2D eigenvalue weighted by Gasteiger charge is 2.19. The molecule has 0 amide bonds. The highest BCUT2D eigenvalue weighted by Crippen LogP contribution is 2.28. The molecule has 0 radical (unpaired) electrons. The van der Waals surface area contributed by atoms with Crippen LogP contribution in [-0.2, 0) is 14.3 Å². The van der Waals surface area contributed by atoms with E-state index in [4.69, 9.17) is 14.9 Å². The van der Waals surface area contributed by atoms with Crippen molar-refractivity contribution in [2.24, 2.45) is 0 Å². The molecule has 1 unspecified atom stereocenters. The van der Waals surface area contributed by atoms with Crippen LogP contribution in [0.5, 0.6) is 0 Å². The summed E-state index contributed by atoms with van der Waals surface area (Å²) in [5.41, 5.74) is 0. The van der Waals surface area contributed by atoms with Gasteiger partial charge >= 0.3 is 11.9 Å². The van der Waals surface area contributed by atoms with E-state index in [1.807, 2.05) is 0 Å². The number of carbonyl (C=O) groups is 2. The Morgan fingerprint density at radius 3 is 2.38 bits per heavy atom. The molecule has 9 nitrogen and oxygen atoms in total. The number of carboxylic acids is 2. The Bertz CT molecular complexity index is 542. The molecule has 1 aliphatic heterocycles. The van der Waals surface area contributed by atoms with Crippen molar-refractivity contribution in [3.8, 4) is 0 Å². The molecule has 1 saturated heterocycles. The van der Waals surface area contributed by atoms with E-state index in [-0.39, 0.29) is 6.10 Å². The van der Waals surface area contributed by atoms with Gasteiger partial charge in [0.15, 0.2) is 10.8 Å². The van der Waals surface area contributed by atoms with Gasteiger partial charge in [-0.2, -0.15) is 8.75 Å². The number of ether oxygens (including phenoxy) is 1. The van der Waals surface area contributed by atoms with Gasteiger partial charge in [-0.1, -0.05) is 11.8 Å².